The zero-order chi connectivity index (χ0) is 18.4. The van der Waals surface area contributed by atoms with E-state index >= 15 is 0 Å². The zero-order valence-corrected chi connectivity index (χ0v) is 15.6. The van der Waals surface area contributed by atoms with Crippen molar-refractivity contribution in [3.05, 3.63) is 77.7 Å². The standard InChI is InChI=1S/C24H26FN/c1-3-5-6-7-19-8-11-20(12-9-19)21-13-15-24(26-17-21)22-14-10-18(4-2)16-23(22)25/h8-17H,3-7H2,1-2H3. The summed E-state index contributed by atoms with van der Waals surface area (Å²) in [5.41, 5.74) is 5.81. The first-order valence-electron chi connectivity index (χ1n) is 9.55. The van der Waals surface area contributed by atoms with E-state index in [4.69, 9.17) is 0 Å². The third kappa shape index (κ3) is 4.37. The highest BCUT2D eigenvalue weighted by Crippen LogP contribution is 2.25. The molecular formula is C24H26FN. The van der Waals surface area contributed by atoms with Gasteiger partial charge in [0.15, 0.2) is 0 Å². The van der Waals surface area contributed by atoms with Gasteiger partial charge in [-0.25, -0.2) is 4.39 Å². The second kappa shape index (κ2) is 8.75. The first kappa shape index (κ1) is 18.3. The topological polar surface area (TPSA) is 12.9 Å². The Labute approximate surface area is 155 Å². The first-order valence-corrected chi connectivity index (χ1v) is 9.55. The lowest BCUT2D eigenvalue weighted by Gasteiger charge is -2.07. The van der Waals surface area contributed by atoms with Crippen LogP contribution in [0.3, 0.4) is 0 Å². The lowest BCUT2D eigenvalue weighted by atomic mass is 10.0. The van der Waals surface area contributed by atoms with E-state index in [2.05, 4.69) is 36.2 Å². The minimum Gasteiger partial charge on any atom is -0.256 e. The molecule has 0 N–H and O–H groups in total. The van der Waals surface area contributed by atoms with E-state index in [1.54, 1.807) is 6.07 Å². The molecule has 0 amide bonds. The van der Waals surface area contributed by atoms with Crippen molar-refractivity contribution in [3.63, 3.8) is 0 Å². The van der Waals surface area contributed by atoms with Crippen molar-refractivity contribution in [1.29, 1.82) is 0 Å². The highest BCUT2D eigenvalue weighted by atomic mass is 19.1. The SMILES string of the molecule is CCCCCc1ccc(-c2ccc(-c3ccc(CC)cc3F)nc2)cc1. The average molecular weight is 347 g/mol. The molecule has 1 heterocycles. The quantitative estimate of drug-likeness (QED) is 0.426. The maximum Gasteiger partial charge on any atom is 0.132 e. The van der Waals surface area contributed by atoms with Gasteiger partial charge < -0.3 is 0 Å². The fourth-order valence-corrected chi connectivity index (χ4v) is 3.15. The number of aromatic nitrogens is 1. The second-order valence-electron chi connectivity index (χ2n) is 6.75. The molecule has 0 aliphatic rings. The average Bonchev–Trinajstić information content (AvgIpc) is 2.69. The van der Waals surface area contributed by atoms with Gasteiger partial charge in [-0.05, 0) is 54.2 Å². The number of hydrogen-bond donors (Lipinski definition) is 0. The number of pyridine rings is 1. The molecule has 2 heteroatoms. The fourth-order valence-electron chi connectivity index (χ4n) is 3.15. The summed E-state index contributed by atoms with van der Waals surface area (Å²) < 4.78 is 14.3. The van der Waals surface area contributed by atoms with Crippen molar-refractivity contribution in [2.75, 3.05) is 0 Å². The summed E-state index contributed by atoms with van der Waals surface area (Å²) in [6, 6.07) is 18.0. The Morgan fingerprint density at radius 3 is 2.15 bits per heavy atom. The van der Waals surface area contributed by atoms with Crippen LogP contribution in [0.5, 0.6) is 0 Å². The molecule has 1 nitrogen and oxygen atoms in total. The highest BCUT2D eigenvalue weighted by molar-refractivity contribution is 5.67. The molecule has 0 fully saturated rings. The van der Waals surface area contributed by atoms with Gasteiger partial charge in [-0.3, -0.25) is 4.98 Å². The maximum absolute atomic E-state index is 14.3. The number of hydrogen-bond acceptors (Lipinski definition) is 1. The predicted octanol–water partition coefficient (Wildman–Crippen LogP) is 6.85. The van der Waals surface area contributed by atoms with Gasteiger partial charge in [0.1, 0.15) is 5.82 Å². The van der Waals surface area contributed by atoms with Gasteiger partial charge in [-0.2, -0.15) is 0 Å². The Balaban J connectivity index is 1.75. The molecule has 0 atom stereocenters. The number of benzene rings is 2. The van der Waals surface area contributed by atoms with Crippen molar-refractivity contribution in [2.24, 2.45) is 0 Å². The molecule has 0 saturated carbocycles. The van der Waals surface area contributed by atoms with E-state index in [0.717, 1.165) is 29.5 Å². The van der Waals surface area contributed by atoms with E-state index < -0.39 is 0 Å². The van der Waals surface area contributed by atoms with Crippen LogP contribution in [0.4, 0.5) is 4.39 Å². The smallest absolute Gasteiger partial charge is 0.132 e. The number of rotatable bonds is 7. The van der Waals surface area contributed by atoms with Gasteiger partial charge in [0.2, 0.25) is 0 Å². The highest BCUT2D eigenvalue weighted by Gasteiger charge is 2.08. The Kier molecular flexibility index (Phi) is 6.17. The molecule has 0 spiro atoms. The van der Waals surface area contributed by atoms with E-state index in [1.165, 1.54) is 24.8 Å². The molecule has 0 radical (unpaired) electrons. The van der Waals surface area contributed by atoms with Gasteiger partial charge >= 0.3 is 0 Å². The van der Waals surface area contributed by atoms with E-state index in [1.807, 2.05) is 37.4 Å². The molecule has 134 valence electrons. The molecule has 0 bridgehead atoms. The summed E-state index contributed by atoms with van der Waals surface area (Å²) in [4.78, 5) is 4.48. The minimum absolute atomic E-state index is 0.207. The Hall–Kier alpha value is -2.48. The van der Waals surface area contributed by atoms with Gasteiger partial charge in [0, 0.05) is 17.3 Å². The van der Waals surface area contributed by atoms with Crippen LogP contribution in [0.25, 0.3) is 22.4 Å². The molecule has 3 aromatic rings. The molecule has 0 unspecified atom stereocenters. The van der Waals surface area contributed by atoms with Crippen molar-refractivity contribution >= 4 is 0 Å². The zero-order valence-electron chi connectivity index (χ0n) is 15.6. The van der Waals surface area contributed by atoms with Gasteiger partial charge in [-0.15, -0.1) is 0 Å². The second-order valence-corrected chi connectivity index (χ2v) is 6.75. The number of nitrogens with zero attached hydrogens (tertiary/aromatic N) is 1. The van der Waals surface area contributed by atoms with Crippen molar-refractivity contribution in [3.8, 4) is 22.4 Å². The van der Waals surface area contributed by atoms with Gasteiger partial charge in [-0.1, -0.05) is 63.1 Å². The van der Waals surface area contributed by atoms with Crippen molar-refractivity contribution in [1.82, 2.24) is 4.98 Å². The van der Waals surface area contributed by atoms with Crippen LogP contribution in [-0.2, 0) is 12.8 Å². The normalized spacial score (nSPS) is 10.9. The summed E-state index contributed by atoms with van der Waals surface area (Å²) in [6.07, 6.45) is 7.57. The minimum atomic E-state index is -0.207. The maximum atomic E-state index is 14.3. The lowest BCUT2D eigenvalue weighted by Crippen LogP contribution is -1.91. The monoisotopic (exact) mass is 347 g/mol. The molecule has 0 saturated heterocycles. The van der Waals surface area contributed by atoms with Gasteiger partial charge in [0.05, 0.1) is 5.69 Å². The van der Waals surface area contributed by atoms with Crippen molar-refractivity contribution in [2.45, 2.75) is 46.0 Å². The number of aryl methyl sites for hydroxylation is 2. The molecule has 26 heavy (non-hydrogen) atoms. The molecule has 0 aliphatic heterocycles. The van der Waals surface area contributed by atoms with Crippen LogP contribution in [0, 0.1) is 5.82 Å². The fraction of sp³-hybridized carbons (Fsp3) is 0.292. The molecule has 3 rings (SSSR count). The van der Waals surface area contributed by atoms with E-state index in [-0.39, 0.29) is 5.82 Å². The molecule has 2 aromatic carbocycles. The Morgan fingerprint density at radius 1 is 0.808 bits per heavy atom. The van der Waals surface area contributed by atoms with E-state index in [9.17, 15) is 4.39 Å². The van der Waals surface area contributed by atoms with E-state index in [0.29, 0.717) is 11.3 Å². The number of unbranched alkanes of at least 4 members (excludes halogenated alkanes) is 2. The van der Waals surface area contributed by atoms with Crippen LogP contribution < -0.4 is 0 Å². The summed E-state index contributed by atoms with van der Waals surface area (Å²) >= 11 is 0. The molecular weight excluding hydrogens is 321 g/mol. The summed E-state index contributed by atoms with van der Waals surface area (Å²) in [5.74, 6) is -0.207. The Bertz CT molecular complexity index is 835. The lowest BCUT2D eigenvalue weighted by molar-refractivity contribution is 0.628. The van der Waals surface area contributed by atoms with Crippen LogP contribution in [-0.4, -0.2) is 4.98 Å². The third-order valence-corrected chi connectivity index (χ3v) is 4.84. The number of halogens is 1. The summed E-state index contributed by atoms with van der Waals surface area (Å²) in [6.45, 7) is 4.25. The summed E-state index contributed by atoms with van der Waals surface area (Å²) in [7, 11) is 0. The predicted molar refractivity (Wildman–Crippen MR) is 108 cm³/mol. The molecule has 1 aromatic heterocycles. The van der Waals surface area contributed by atoms with Crippen LogP contribution in [0.15, 0.2) is 60.8 Å². The van der Waals surface area contributed by atoms with Crippen LogP contribution >= 0.6 is 0 Å². The van der Waals surface area contributed by atoms with Crippen LogP contribution in [0.2, 0.25) is 0 Å². The Morgan fingerprint density at radius 2 is 1.54 bits per heavy atom. The van der Waals surface area contributed by atoms with Crippen LogP contribution in [0.1, 0.15) is 44.2 Å². The first-order chi connectivity index (χ1) is 12.7. The summed E-state index contributed by atoms with van der Waals surface area (Å²) in [5, 5.41) is 0. The third-order valence-electron chi connectivity index (χ3n) is 4.84. The van der Waals surface area contributed by atoms with Crippen molar-refractivity contribution < 1.29 is 4.39 Å². The van der Waals surface area contributed by atoms with Gasteiger partial charge in [0.25, 0.3) is 0 Å². The molecule has 0 aliphatic carbocycles. The largest absolute Gasteiger partial charge is 0.256 e.